The van der Waals surface area contributed by atoms with E-state index in [4.69, 9.17) is 13.9 Å². The monoisotopic (exact) mass is 399 g/mol. The zero-order valence-corrected chi connectivity index (χ0v) is 17.0. The number of Topliss-reactive ketones (excluding diaryl/α,β-unsaturated/α-hetero) is 1. The number of aryl methyl sites for hydroxylation is 2. The fourth-order valence-corrected chi connectivity index (χ4v) is 3.47. The molecule has 1 amide bonds. The summed E-state index contributed by atoms with van der Waals surface area (Å²) in [6, 6.07) is 7.79. The molecule has 1 aliphatic rings. The van der Waals surface area contributed by atoms with Crippen LogP contribution in [0.15, 0.2) is 40.3 Å². The molecular weight excluding hydrogens is 374 g/mol. The molecule has 1 N–H and O–H groups in total. The van der Waals surface area contributed by atoms with E-state index >= 15 is 0 Å². The molecule has 0 spiro atoms. The van der Waals surface area contributed by atoms with Crippen LogP contribution >= 0.6 is 0 Å². The standard InChI is InChI=1S/C22H25NO6/c1-5-28-16-9-7-15(12-13(16)2)20(24)18-19(17-8-6-14(3)29-17)23(10-11-27-4)22(26)21(18)25/h6-9,12,19,24H,5,10-11H2,1-4H3/b20-18-. The highest BCUT2D eigenvalue weighted by molar-refractivity contribution is 6.46. The predicted molar refractivity (Wildman–Crippen MR) is 107 cm³/mol. The fraction of sp³-hybridized carbons (Fsp3) is 0.364. The summed E-state index contributed by atoms with van der Waals surface area (Å²) in [6.07, 6.45) is 0. The number of ketones is 1. The Bertz CT molecular complexity index is 958. The van der Waals surface area contributed by atoms with Crippen molar-refractivity contribution in [3.05, 3.63) is 58.6 Å². The number of carbonyl (C=O) groups is 2. The van der Waals surface area contributed by atoms with Crippen molar-refractivity contribution >= 4 is 17.4 Å². The lowest BCUT2D eigenvalue weighted by Gasteiger charge is -2.23. The average molecular weight is 399 g/mol. The van der Waals surface area contributed by atoms with E-state index in [2.05, 4.69) is 0 Å². The number of furan rings is 1. The molecule has 7 nitrogen and oxygen atoms in total. The summed E-state index contributed by atoms with van der Waals surface area (Å²) in [7, 11) is 1.52. The van der Waals surface area contributed by atoms with Gasteiger partial charge in [-0.1, -0.05) is 0 Å². The molecule has 154 valence electrons. The highest BCUT2D eigenvalue weighted by Crippen LogP contribution is 2.40. The van der Waals surface area contributed by atoms with Crippen LogP contribution in [0.5, 0.6) is 5.75 Å². The van der Waals surface area contributed by atoms with E-state index in [0.29, 0.717) is 29.4 Å². The molecule has 1 aromatic heterocycles. The second kappa shape index (κ2) is 8.53. The Morgan fingerprint density at radius 3 is 2.55 bits per heavy atom. The first-order valence-corrected chi connectivity index (χ1v) is 9.46. The van der Waals surface area contributed by atoms with Crippen LogP contribution in [0.25, 0.3) is 5.76 Å². The highest BCUT2D eigenvalue weighted by atomic mass is 16.5. The summed E-state index contributed by atoms with van der Waals surface area (Å²) < 4.78 is 16.3. The van der Waals surface area contributed by atoms with Gasteiger partial charge >= 0.3 is 0 Å². The van der Waals surface area contributed by atoms with Crippen LogP contribution < -0.4 is 4.74 Å². The molecule has 1 unspecified atom stereocenters. The number of nitrogens with zero attached hydrogens (tertiary/aromatic N) is 1. The second-order valence-corrected chi connectivity index (χ2v) is 6.85. The fourth-order valence-electron chi connectivity index (χ4n) is 3.47. The van der Waals surface area contributed by atoms with Gasteiger partial charge in [-0.05, 0) is 56.7 Å². The SMILES string of the molecule is CCOc1ccc(/C(O)=C2/C(=O)C(=O)N(CCOC)C2c2ccc(C)o2)cc1C. The van der Waals surface area contributed by atoms with E-state index in [1.54, 1.807) is 37.3 Å². The normalized spacial score (nSPS) is 18.5. The number of hydrogen-bond donors (Lipinski definition) is 1. The zero-order valence-electron chi connectivity index (χ0n) is 17.0. The largest absolute Gasteiger partial charge is 0.507 e. The van der Waals surface area contributed by atoms with Gasteiger partial charge in [-0.3, -0.25) is 9.59 Å². The van der Waals surface area contributed by atoms with Crippen molar-refractivity contribution < 1.29 is 28.6 Å². The smallest absolute Gasteiger partial charge is 0.295 e. The number of likely N-dealkylation sites (tertiary alicyclic amines) is 1. The van der Waals surface area contributed by atoms with Crippen molar-refractivity contribution in [2.45, 2.75) is 26.8 Å². The number of aliphatic hydroxyl groups is 1. The third kappa shape index (κ3) is 3.91. The third-order valence-electron chi connectivity index (χ3n) is 4.86. The Labute approximate surface area is 169 Å². The second-order valence-electron chi connectivity index (χ2n) is 6.85. The van der Waals surface area contributed by atoms with Crippen LogP contribution in [0.4, 0.5) is 0 Å². The number of aliphatic hydroxyl groups excluding tert-OH is 1. The van der Waals surface area contributed by atoms with Crippen LogP contribution in [0.2, 0.25) is 0 Å². The molecule has 0 radical (unpaired) electrons. The van der Waals surface area contributed by atoms with E-state index in [0.717, 1.165) is 5.56 Å². The van der Waals surface area contributed by atoms with E-state index in [-0.39, 0.29) is 24.5 Å². The first-order chi connectivity index (χ1) is 13.9. The molecule has 1 fully saturated rings. The van der Waals surface area contributed by atoms with Gasteiger partial charge < -0.3 is 23.9 Å². The van der Waals surface area contributed by atoms with Gasteiger partial charge in [-0.15, -0.1) is 0 Å². The molecule has 1 saturated heterocycles. The van der Waals surface area contributed by atoms with Gasteiger partial charge in [0.15, 0.2) is 0 Å². The number of amides is 1. The van der Waals surface area contributed by atoms with Gasteiger partial charge in [0, 0.05) is 19.2 Å². The summed E-state index contributed by atoms with van der Waals surface area (Å²) in [5.74, 6) is 0.0852. The quantitative estimate of drug-likeness (QED) is 0.436. The predicted octanol–water partition coefficient (Wildman–Crippen LogP) is 3.36. The Kier molecular flexibility index (Phi) is 6.08. The van der Waals surface area contributed by atoms with Crippen molar-refractivity contribution in [2.24, 2.45) is 0 Å². The zero-order chi connectivity index (χ0) is 21.1. The maximum absolute atomic E-state index is 12.8. The molecule has 0 saturated carbocycles. The Hall–Kier alpha value is -3.06. The van der Waals surface area contributed by atoms with Crippen LogP contribution in [0, 0.1) is 13.8 Å². The van der Waals surface area contributed by atoms with E-state index in [9.17, 15) is 14.7 Å². The van der Waals surface area contributed by atoms with Gasteiger partial charge in [-0.2, -0.15) is 0 Å². The van der Waals surface area contributed by atoms with Gasteiger partial charge in [-0.25, -0.2) is 0 Å². The van der Waals surface area contributed by atoms with Crippen molar-refractivity contribution in [2.75, 3.05) is 26.9 Å². The van der Waals surface area contributed by atoms with Gasteiger partial charge in [0.1, 0.15) is 29.1 Å². The van der Waals surface area contributed by atoms with E-state index < -0.39 is 17.7 Å². The third-order valence-corrected chi connectivity index (χ3v) is 4.86. The minimum atomic E-state index is -0.814. The number of methoxy groups -OCH3 is 1. The molecule has 29 heavy (non-hydrogen) atoms. The molecule has 1 aromatic carbocycles. The van der Waals surface area contributed by atoms with Crippen molar-refractivity contribution in [1.82, 2.24) is 4.90 Å². The van der Waals surface area contributed by atoms with Crippen LogP contribution in [-0.2, 0) is 14.3 Å². The summed E-state index contributed by atoms with van der Waals surface area (Å²) in [6.45, 7) is 6.50. The molecule has 0 aliphatic carbocycles. The lowest BCUT2D eigenvalue weighted by molar-refractivity contribution is -0.140. The van der Waals surface area contributed by atoms with Crippen LogP contribution in [0.1, 0.15) is 35.6 Å². The summed E-state index contributed by atoms with van der Waals surface area (Å²) in [5.41, 5.74) is 1.25. The number of hydrogen-bond acceptors (Lipinski definition) is 6. The Morgan fingerprint density at radius 2 is 1.97 bits per heavy atom. The maximum Gasteiger partial charge on any atom is 0.295 e. The van der Waals surface area contributed by atoms with Crippen molar-refractivity contribution in [3.63, 3.8) is 0 Å². The maximum atomic E-state index is 12.8. The molecule has 1 aliphatic heterocycles. The topological polar surface area (TPSA) is 89.2 Å². The lowest BCUT2D eigenvalue weighted by atomic mass is 9.98. The summed E-state index contributed by atoms with van der Waals surface area (Å²) >= 11 is 0. The minimum Gasteiger partial charge on any atom is -0.507 e. The number of ether oxygens (including phenoxy) is 2. The van der Waals surface area contributed by atoms with Crippen LogP contribution in [0.3, 0.4) is 0 Å². The molecule has 0 bridgehead atoms. The summed E-state index contributed by atoms with van der Waals surface area (Å²) in [5, 5.41) is 11.0. The number of carbonyl (C=O) groups excluding carboxylic acids is 2. The Balaban J connectivity index is 2.11. The number of benzene rings is 1. The molecule has 2 heterocycles. The highest BCUT2D eigenvalue weighted by Gasteiger charge is 2.47. The molecule has 1 atom stereocenters. The average Bonchev–Trinajstić information content (AvgIpc) is 3.23. The van der Waals surface area contributed by atoms with Gasteiger partial charge in [0.05, 0.1) is 18.8 Å². The minimum absolute atomic E-state index is 0.00372. The van der Waals surface area contributed by atoms with Crippen molar-refractivity contribution in [1.29, 1.82) is 0 Å². The molecular formula is C22H25NO6. The van der Waals surface area contributed by atoms with Crippen molar-refractivity contribution in [3.8, 4) is 5.75 Å². The first kappa shape index (κ1) is 20.7. The van der Waals surface area contributed by atoms with Gasteiger partial charge in [0.2, 0.25) is 0 Å². The van der Waals surface area contributed by atoms with E-state index in [1.807, 2.05) is 13.8 Å². The first-order valence-electron chi connectivity index (χ1n) is 9.46. The molecule has 3 rings (SSSR count). The Morgan fingerprint density at radius 1 is 1.21 bits per heavy atom. The lowest BCUT2D eigenvalue weighted by Crippen LogP contribution is -2.32. The number of rotatable bonds is 7. The molecule has 2 aromatic rings. The van der Waals surface area contributed by atoms with Crippen LogP contribution in [-0.4, -0.2) is 48.6 Å². The molecule has 7 heteroatoms. The van der Waals surface area contributed by atoms with Gasteiger partial charge in [0.25, 0.3) is 11.7 Å². The summed E-state index contributed by atoms with van der Waals surface area (Å²) in [4.78, 5) is 26.9. The van der Waals surface area contributed by atoms with E-state index in [1.165, 1.54) is 12.0 Å².